The van der Waals surface area contributed by atoms with Crippen LogP contribution < -0.4 is 10.6 Å². The highest BCUT2D eigenvalue weighted by atomic mass is 16.2. The SMILES string of the molecule is CCC(CC)C(NC(=O)NC1CCN(C(C)C)CC1)c1ccccc1. The van der Waals surface area contributed by atoms with E-state index in [0.717, 1.165) is 38.8 Å². The quantitative estimate of drug-likeness (QED) is 0.772. The fourth-order valence-electron chi connectivity index (χ4n) is 3.82. The van der Waals surface area contributed by atoms with Gasteiger partial charge in [0.2, 0.25) is 0 Å². The van der Waals surface area contributed by atoms with E-state index < -0.39 is 0 Å². The number of carbonyl (C=O) groups is 1. The molecule has 1 unspecified atom stereocenters. The van der Waals surface area contributed by atoms with Gasteiger partial charge in [0.15, 0.2) is 0 Å². The van der Waals surface area contributed by atoms with Crippen molar-refractivity contribution in [2.75, 3.05) is 13.1 Å². The number of urea groups is 1. The molecule has 2 rings (SSSR count). The summed E-state index contributed by atoms with van der Waals surface area (Å²) in [6.07, 6.45) is 4.19. The third-order valence-corrected chi connectivity index (χ3v) is 5.56. The molecule has 140 valence electrons. The van der Waals surface area contributed by atoms with Gasteiger partial charge >= 0.3 is 6.03 Å². The molecule has 1 atom stereocenters. The fraction of sp³-hybridized carbons (Fsp3) is 0.667. The normalized spacial score (nSPS) is 17.7. The van der Waals surface area contributed by atoms with E-state index in [9.17, 15) is 4.79 Å². The summed E-state index contributed by atoms with van der Waals surface area (Å²) < 4.78 is 0. The number of likely N-dealkylation sites (tertiary alicyclic amines) is 1. The molecule has 2 amide bonds. The number of carbonyl (C=O) groups excluding carboxylic acids is 1. The van der Waals surface area contributed by atoms with E-state index in [-0.39, 0.29) is 18.1 Å². The van der Waals surface area contributed by atoms with Crippen LogP contribution in [0.4, 0.5) is 4.79 Å². The Kier molecular flexibility index (Phi) is 7.76. The Labute approximate surface area is 153 Å². The first-order valence-electron chi connectivity index (χ1n) is 9.91. The van der Waals surface area contributed by atoms with E-state index in [0.29, 0.717) is 12.0 Å². The lowest BCUT2D eigenvalue weighted by atomic mass is 9.89. The van der Waals surface area contributed by atoms with Gasteiger partial charge in [0, 0.05) is 25.2 Å². The first kappa shape index (κ1) is 19.8. The van der Waals surface area contributed by atoms with Crippen molar-refractivity contribution in [1.29, 1.82) is 0 Å². The number of amides is 2. The Balaban J connectivity index is 1.93. The zero-order chi connectivity index (χ0) is 18.2. The number of piperidine rings is 1. The van der Waals surface area contributed by atoms with Gasteiger partial charge in [0.05, 0.1) is 6.04 Å². The predicted octanol–water partition coefficient (Wildman–Crippen LogP) is 4.34. The Morgan fingerprint density at radius 3 is 2.24 bits per heavy atom. The lowest BCUT2D eigenvalue weighted by Crippen LogP contribution is -2.50. The summed E-state index contributed by atoms with van der Waals surface area (Å²) in [6, 6.07) is 11.3. The minimum Gasteiger partial charge on any atom is -0.335 e. The topological polar surface area (TPSA) is 44.4 Å². The maximum atomic E-state index is 12.6. The lowest BCUT2D eigenvalue weighted by molar-refractivity contribution is 0.160. The van der Waals surface area contributed by atoms with E-state index >= 15 is 0 Å². The fourth-order valence-corrected chi connectivity index (χ4v) is 3.82. The Morgan fingerprint density at radius 2 is 1.72 bits per heavy atom. The summed E-state index contributed by atoms with van der Waals surface area (Å²) >= 11 is 0. The average Bonchev–Trinajstić information content (AvgIpc) is 2.63. The second kappa shape index (κ2) is 9.81. The van der Waals surface area contributed by atoms with Gasteiger partial charge in [0.1, 0.15) is 0 Å². The van der Waals surface area contributed by atoms with Crippen LogP contribution in [0.25, 0.3) is 0 Å². The molecule has 1 aliphatic heterocycles. The van der Waals surface area contributed by atoms with Crippen LogP contribution in [0.5, 0.6) is 0 Å². The molecule has 1 saturated heterocycles. The number of nitrogens with zero attached hydrogens (tertiary/aromatic N) is 1. The minimum atomic E-state index is -0.0243. The molecule has 0 spiro atoms. The van der Waals surface area contributed by atoms with E-state index in [4.69, 9.17) is 0 Å². The number of hydrogen-bond donors (Lipinski definition) is 2. The zero-order valence-electron chi connectivity index (χ0n) is 16.3. The number of benzene rings is 1. The molecular formula is C21H35N3O. The number of rotatable bonds is 7. The van der Waals surface area contributed by atoms with E-state index in [2.05, 4.69) is 55.4 Å². The molecule has 1 aromatic carbocycles. The highest BCUT2D eigenvalue weighted by molar-refractivity contribution is 5.74. The van der Waals surface area contributed by atoms with Gasteiger partial charge < -0.3 is 15.5 Å². The van der Waals surface area contributed by atoms with Crippen LogP contribution in [0.1, 0.15) is 65.0 Å². The highest BCUT2D eigenvalue weighted by Gasteiger charge is 2.25. The van der Waals surface area contributed by atoms with Gasteiger partial charge in [0.25, 0.3) is 0 Å². The molecule has 0 bridgehead atoms. The van der Waals surface area contributed by atoms with Gasteiger partial charge in [-0.3, -0.25) is 0 Å². The van der Waals surface area contributed by atoms with Gasteiger partial charge in [-0.2, -0.15) is 0 Å². The second-order valence-corrected chi connectivity index (χ2v) is 7.49. The molecule has 1 aliphatic rings. The molecule has 1 aromatic rings. The molecule has 0 radical (unpaired) electrons. The number of hydrogen-bond acceptors (Lipinski definition) is 2. The summed E-state index contributed by atoms with van der Waals surface area (Å²) in [5, 5.41) is 6.46. The zero-order valence-corrected chi connectivity index (χ0v) is 16.3. The average molecular weight is 346 g/mol. The predicted molar refractivity (Wildman–Crippen MR) is 105 cm³/mol. The largest absolute Gasteiger partial charge is 0.335 e. The second-order valence-electron chi connectivity index (χ2n) is 7.49. The van der Waals surface area contributed by atoms with Crippen LogP contribution >= 0.6 is 0 Å². The number of nitrogens with one attached hydrogen (secondary N) is 2. The molecule has 0 saturated carbocycles. The summed E-state index contributed by atoms with van der Waals surface area (Å²) in [4.78, 5) is 15.1. The van der Waals surface area contributed by atoms with Gasteiger partial charge in [-0.15, -0.1) is 0 Å². The molecule has 0 aromatic heterocycles. The first-order chi connectivity index (χ1) is 12.0. The maximum absolute atomic E-state index is 12.6. The third-order valence-electron chi connectivity index (χ3n) is 5.56. The molecule has 0 aliphatic carbocycles. The van der Waals surface area contributed by atoms with Crippen LogP contribution in [0.3, 0.4) is 0 Å². The van der Waals surface area contributed by atoms with Gasteiger partial charge in [-0.25, -0.2) is 4.79 Å². The first-order valence-corrected chi connectivity index (χ1v) is 9.91. The van der Waals surface area contributed by atoms with Crippen LogP contribution in [0.15, 0.2) is 30.3 Å². The molecule has 4 heteroatoms. The maximum Gasteiger partial charge on any atom is 0.315 e. The third kappa shape index (κ3) is 5.74. The minimum absolute atomic E-state index is 0.0243. The van der Waals surface area contributed by atoms with Crippen molar-refractivity contribution in [3.63, 3.8) is 0 Å². The smallest absolute Gasteiger partial charge is 0.315 e. The van der Waals surface area contributed by atoms with Crippen LogP contribution in [0, 0.1) is 5.92 Å². The van der Waals surface area contributed by atoms with Crippen molar-refractivity contribution in [1.82, 2.24) is 15.5 Å². The van der Waals surface area contributed by atoms with Crippen LogP contribution in [0.2, 0.25) is 0 Å². The van der Waals surface area contributed by atoms with Gasteiger partial charge in [-0.1, -0.05) is 57.0 Å². The molecule has 2 N–H and O–H groups in total. The highest BCUT2D eigenvalue weighted by Crippen LogP contribution is 2.27. The van der Waals surface area contributed by atoms with E-state index in [1.165, 1.54) is 5.56 Å². The van der Waals surface area contributed by atoms with Crippen molar-refractivity contribution in [3.05, 3.63) is 35.9 Å². The molecule has 1 fully saturated rings. The van der Waals surface area contributed by atoms with Gasteiger partial charge in [-0.05, 0) is 38.2 Å². The standard InChI is InChI=1S/C21H35N3O/c1-5-17(6-2)20(18-10-8-7-9-11-18)23-21(25)22-19-12-14-24(15-13-19)16(3)4/h7-11,16-17,19-20H,5-6,12-15H2,1-4H3,(H2,22,23,25). The Hall–Kier alpha value is -1.55. The lowest BCUT2D eigenvalue weighted by Gasteiger charge is -2.35. The van der Waals surface area contributed by atoms with Crippen molar-refractivity contribution < 1.29 is 4.79 Å². The summed E-state index contributed by atoms with van der Waals surface area (Å²) in [7, 11) is 0. The summed E-state index contributed by atoms with van der Waals surface area (Å²) in [5.74, 6) is 0.455. The molecule has 25 heavy (non-hydrogen) atoms. The monoisotopic (exact) mass is 345 g/mol. The van der Waals surface area contributed by atoms with E-state index in [1.807, 2.05) is 18.2 Å². The van der Waals surface area contributed by atoms with Crippen molar-refractivity contribution in [3.8, 4) is 0 Å². The van der Waals surface area contributed by atoms with Crippen molar-refractivity contribution in [2.24, 2.45) is 5.92 Å². The molecule has 4 nitrogen and oxygen atoms in total. The summed E-state index contributed by atoms with van der Waals surface area (Å²) in [6.45, 7) is 11.0. The molecule has 1 heterocycles. The van der Waals surface area contributed by atoms with Crippen molar-refractivity contribution in [2.45, 2.75) is 71.5 Å². The Morgan fingerprint density at radius 1 is 1.12 bits per heavy atom. The van der Waals surface area contributed by atoms with Crippen molar-refractivity contribution >= 4 is 6.03 Å². The summed E-state index contributed by atoms with van der Waals surface area (Å²) in [5.41, 5.74) is 1.20. The Bertz CT molecular complexity index is 505. The molecular weight excluding hydrogens is 310 g/mol. The van der Waals surface area contributed by atoms with E-state index in [1.54, 1.807) is 0 Å². The van der Waals surface area contributed by atoms with Crippen LogP contribution in [-0.2, 0) is 0 Å². The van der Waals surface area contributed by atoms with Crippen LogP contribution in [-0.4, -0.2) is 36.1 Å².